The number of benzene rings is 1. The van der Waals surface area contributed by atoms with Gasteiger partial charge in [-0.25, -0.2) is 0 Å². The van der Waals surface area contributed by atoms with Crippen LogP contribution in [0.25, 0.3) is 0 Å². The number of carbonyl (C=O) groups excluding carboxylic acids is 1. The molecule has 0 saturated carbocycles. The lowest BCUT2D eigenvalue weighted by molar-refractivity contribution is -0.117. The topological polar surface area (TPSA) is 64.1 Å². The summed E-state index contributed by atoms with van der Waals surface area (Å²) in [5, 5.41) is 12.4. The van der Waals surface area contributed by atoms with E-state index in [9.17, 15) is 4.79 Å². The molecule has 1 N–H and O–H groups in total. The maximum Gasteiger partial charge on any atom is 0.228 e. The maximum absolute atomic E-state index is 11.7. The molecular formula is C16H21N3O2S. The van der Waals surface area contributed by atoms with Gasteiger partial charge in [0.25, 0.3) is 0 Å². The zero-order chi connectivity index (χ0) is 15.8. The Morgan fingerprint density at radius 1 is 1.32 bits per heavy atom. The third-order valence-electron chi connectivity index (χ3n) is 3.24. The molecule has 1 aromatic carbocycles. The first-order valence-corrected chi connectivity index (χ1v) is 8.25. The summed E-state index contributed by atoms with van der Waals surface area (Å²) in [6, 6.07) is 10.3. The monoisotopic (exact) mass is 319 g/mol. The Bertz CT molecular complexity index is 586. The highest BCUT2D eigenvalue weighted by atomic mass is 32.1. The van der Waals surface area contributed by atoms with Crippen molar-refractivity contribution < 1.29 is 9.53 Å². The number of anilines is 1. The van der Waals surface area contributed by atoms with Gasteiger partial charge in [-0.15, -0.1) is 10.2 Å². The van der Waals surface area contributed by atoms with Gasteiger partial charge in [-0.3, -0.25) is 4.79 Å². The summed E-state index contributed by atoms with van der Waals surface area (Å²) >= 11 is 1.43. The van der Waals surface area contributed by atoms with Crippen LogP contribution in [0.4, 0.5) is 5.13 Å². The van der Waals surface area contributed by atoms with E-state index in [0.29, 0.717) is 30.7 Å². The van der Waals surface area contributed by atoms with Gasteiger partial charge >= 0.3 is 0 Å². The smallest absolute Gasteiger partial charge is 0.228 e. The summed E-state index contributed by atoms with van der Waals surface area (Å²) in [7, 11) is 0. The number of hydrogen-bond acceptors (Lipinski definition) is 5. The molecule has 0 aliphatic carbocycles. The van der Waals surface area contributed by atoms with Crippen LogP contribution in [-0.2, 0) is 16.0 Å². The second-order valence-corrected chi connectivity index (χ2v) is 6.07. The van der Waals surface area contributed by atoms with Gasteiger partial charge in [-0.05, 0) is 18.4 Å². The standard InChI is InChI=1S/C16H21N3O2S/c1-3-21-10-9-14(20)17-16-19-18-15(22-16)11-12(2)13-7-5-4-6-8-13/h4-8,12H,3,9-11H2,1-2H3,(H,17,19,20). The third-order valence-corrected chi connectivity index (χ3v) is 4.10. The van der Waals surface area contributed by atoms with E-state index >= 15 is 0 Å². The average molecular weight is 319 g/mol. The summed E-state index contributed by atoms with van der Waals surface area (Å²) in [4.78, 5) is 11.7. The SMILES string of the molecule is CCOCCC(=O)Nc1nnc(CC(C)c2ccccc2)s1. The zero-order valence-electron chi connectivity index (χ0n) is 12.9. The Hall–Kier alpha value is -1.79. The van der Waals surface area contributed by atoms with Gasteiger partial charge in [0.05, 0.1) is 13.0 Å². The molecule has 0 aliphatic rings. The Morgan fingerprint density at radius 2 is 2.09 bits per heavy atom. The highest BCUT2D eigenvalue weighted by Crippen LogP contribution is 2.24. The van der Waals surface area contributed by atoms with Crippen molar-refractivity contribution in [1.29, 1.82) is 0 Å². The van der Waals surface area contributed by atoms with Crippen molar-refractivity contribution in [3.8, 4) is 0 Å². The molecule has 0 fully saturated rings. The molecule has 1 atom stereocenters. The molecule has 0 radical (unpaired) electrons. The van der Waals surface area contributed by atoms with Crippen LogP contribution in [0.1, 0.15) is 36.8 Å². The van der Waals surface area contributed by atoms with Crippen LogP contribution in [0.3, 0.4) is 0 Å². The van der Waals surface area contributed by atoms with Gasteiger partial charge < -0.3 is 10.1 Å². The van der Waals surface area contributed by atoms with E-state index in [-0.39, 0.29) is 5.91 Å². The highest BCUT2D eigenvalue weighted by Gasteiger charge is 2.12. The van der Waals surface area contributed by atoms with Crippen LogP contribution >= 0.6 is 11.3 Å². The average Bonchev–Trinajstić information content (AvgIpc) is 2.95. The molecule has 118 valence electrons. The van der Waals surface area contributed by atoms with Crippen LogP contribution < -0.4 is 5.32 Å². The Morgan fingerprint density at radius 3 is 2.82 bits per heavy atom. The Labute approximate surface area is 134 Å². The van der Waals surface area contributed by atoms with Crippen molar-refractivity contribution in [1.82, 2.24) is 10.2 Å². The zero-order valence-corrected chi connectivity index (χ0v) is 13.7. The molecule has 0 spiro atoms. The van der Waals surface area contributed by atoms with Crippen LogP contribution in [0.15, 0.2) is 30.3 Å². The van der Waals surface area contributed by atoms with Gasteiger partial charge in [0.15, 0.2) is 0 Å². The minimum atomic E-state index is -0.0905. The molecule has 2 aromatic rings. The number of aromatic nitrogens is 2. The van der Waals surface area contributed by atoms with E-state index in [1.54, 1.807) is 0 Å². The first-order chi connectivity index (χ1) is 10.7. The van der Waals surface area contributed by atoms with Gasteiger partial charge in [-0.1, -0.05) is 48.6 Å². The van der Waals surface area contributed by atoms with Gasteiger partial charge in [0, 0.05) is 13.0 Å². The summed E-state index contributed by atoms with van der Waals surface area (Å²) in [5.41, 5.74) is 1.28. The van der Waals surface area contributed by atoms with E-state index < -0.39 is 0 Å². The Kier molecular flexibility index (Phi) is 6.48. The molecule has 22 heavy (non-hydrogen) atoms. The van der Waals surface area contributed by atoms with Crippen molar-refractivity contribution in [3.05, 3.63) is 40.9 Å². The van der Waals surface area contributed by atoms with Crippen molar-refractivity contribution in [3.63, 3.8) is 0 Å². The van der Waals surface area contributed by atoms with Gasteiger partial charge in [0.1, 0.15) is 5.01 Å². The summed E-state index contributed by atoms with van der Waals surface area (Å²) in [5.74, 6) is 0.280. The van der Waals surface area contributed by atoms with E-state index in [1.165, 1.54) is 16.9 Å². The first-order valence-electron chi connectivity index (χ1n) is 7.44. The second kappa shape index (κ2) is 8.60. The van der Waals surface area contributed by atoms with E-state index in [0.717, 1.165) is 11.4 Å². The molecule has 6 heteroatoms. The predicted octanol–water partition coefficient (Wildman–Crippen LogP) is 3.25. The van der Waals surface area contributed by atoms with E-state index in [1.807, 2.05) is 25.1 Å². The molecule has 1 aromatic heterocycles. The lowest BCUT2D eigenvalue weighted by Gasteiger charge is -2.08. The van der Waals surface area contributed by atoms with Crippen LogP contribution in [0.5, 0.6) is 0 Å². The molecule has 2 rings (SSSR count). The molecule has 0 bridgehead atoms. The van der Waals surface area contributed by atoms with Gasteiger partial charge in [-0.2, -0.15) is 0 Å². The number of ether oxygens (including phenoxy) is 1. The quantitative estimate of drug-likeness (QED) is 0.759. The fraction of sp³-hybridized carbons (Fsp3) is 0.438. The predicted molar refractivity (Wildman–Crippen MR) is 88.2 cm³/mol. The Balaban J connectivity index is 1.85. The van der Waals surface area contributed by atoms with Crippen LogP contribution in [-0.4, -0.2) is 29.3 Å². The van der Waals surface area contributed by atoms with Crippen molar-refractivity contribution in [2.45, 2.75) is 32.6 Å². The van der Waals surface area contributed by atoms with Crippen molar-refractivity contribution >= 4 is 22.4 Å². The van der Waals surface area contributed by atoms with E-state index in [4.69, 9.17) is 4.74 Å². The third kappa shape index (κ3) is 5.20. The number of carbonyl (C=O) groups is 1. The normalized spacial score (nSPS) is 12.1. The second-order valence-electron chi connectivity index (χ2n) is 5.01. The van der Waals surface area contributed by atoms with Crippen molar-refractivity contribution in [2.75, 3.05) is 18.5 Å². The minimum absolute atomic E-state index is 0.0905. The first kappa shape index (κ1) is 16.6. The molecule has 5 nitrogen and oxygen atoms in total. The van der Waals surface area contributed by atoms with Crippen molar-refractivity contribution in [2.24, 2.45) is 0 Å². The summed E-state index contributed by atoms with van der Waals surface area (Å²) in [6.07, 6.45) is 1.15. The summed E-state index contributed by atoms with van der Waals surface area (Å²) < 4.78 is 5.16. The number of nitrogens with one attached hydrogen (secondary N) is 1. The number of rotatable bonds is 8. The molecule has 0 saturated heterocycles. The largest absolute Gasteiger partial charge is 0.381 e. The fourth-order valence-electron chi connectivity index (χ4n) is 2.04. The molecule has 1 amide bonds. The molecule has 1 heterocycles. The lowest BCUT2D eigenvalue weighted by Crippen LogP contribution is -2.13. The minimum Gasteiger partial charge on any atom is -0.381 e. The van der Waals surface area contributed by atoms with E-state index in [2.05, 4.69) is 34.6 Å². The number of amides is 1. The highest BCUT2D eigenvalue weighted by molar-refractivity contribution is 7.15. The molecular weight excluding hydrogens is 298 g/mol. The lowest BCUT2D eigenvalue weighted by atomic mass is 9.98. The molecule has 1 unspecified atom stereocenters. The number of nitrogens with zero attached hydrogens (tertiary/aromatic N) is 2. The maximum atomic E-state index is 11.7. The summed E-state index contributed by atoms with van der Waals surface area (Å²) in [6.45, 7) is 5.12. The molecule has 0 aliphatic heterocycles. The van der Waals surface area contributed by atoms with Crippen LogP contribution in [0, 0.1) is 0 Å². The van der Waals surface area contributed by atoms with Gasteiger partial charge in [0.2, 0.25) is 11.0 Å². The van der Waals surface area contributed by atoms with Crippen LogP contribution in [0.2, 0.25) is 0 Å². The number of hydrogen-bond donors (Lipinski definition) is 1. The fourth-order valence-corrected chi connectivity index (χ4v) is 2.92.